The molecular formula is C25H16F3N3O. The maximum absolute atomic E-state index is 12.4. The van der Waals surface area contributed by atoms with Crippen LogP contribution in [0.25, 0.3) is 33.5 Å². The summed E-state index contributed by atoms with van der Waals surface area (Å²) < 4.78 is 41.2. The molecule has 4 aromatic rings. The first-order valence-corrected chi connectivity index (χ1v) is 9.57. The molecule has 0 amide bonds. The van der Waals surface area contributed by atoms with Gasteiger partial charge in [0.05, 0.1) is 5.69 Å². The molecule has 158 valence electrons. The minimum absolute atomic E-state index is 0.0442. The third-order valence-corrected chi connectivity index (χ3v) is 4.85. The fourth-order valence-corrected chi connectivity index (χ4v) is 3.36. The Bertz CT molecular complexity index is 1280. The van der Waals surface area contributed by atoms with Crippen LogP contribution in [0.15, 0.2) is 84.9 Å². The van der Waals surface area contributed by atoms with Crippen molar-refractivity contribution in [1.82, 2.24) is 4.98 Å². The van der Waals surface area contributed by atoms with Gasteiger partial charge >= 0.3 is 6.36 Å². The molecule has 0 unspecified atom stereocenters. The number of rotatable bonds is 4. The van der Waals surface area contributed by atoms with E-state index in [1.54, 1.807) is 6.07 Å². The molecule has 7 heteroatoms. The molecule has 0 radical (unpaired) electrons. The lowest BCUT2D eigenvalue weighted by atomic mass is 9.97. The van der Waals surface area contributed by atoms with E-state index in [2.05, 4.69) is 9.72 Å². The molecule has 2 N–H and O–H groups in total. The number of ether oxygens (including phenoxy) is 1. The van der Waals surface area contributed by atoms with Crippen molar-refractivity contribution in [2.45, 2.75) is 6.36 Å². The van der Waals surface area contributed by atoms with E-state index < -0.39 is 6.36 Å². The second kappa shape index (κ2) is 8.44. The summed E-state index contributed by atoms with van der Waals surface area (Å²) in [7, 11) is 0. The smallest absolute Gasteiger partial charge is 0.406 e. The molecule has 0 saturated heterocycles. The van der Waals surface area contributed by atoms with Gasteiger partial charge in [-0.2, -0.15) is 5.26 Å². The van der Waals surface area contributed by atoms with Crippen LogP contribution in [0.1, 0.15) is 5.56 Å². The number of nitrogens with two attached hydrogens (primary N) is 1. The van der Waals surface area contributed by atoms with E-state index >= 15 is 0 Å². The van der Waals surface area contributed by atoms with Crippen molar-refractivity contribution < 1.29 is 17.9 Å². The van der Waals surface area contributed by atoms with E-state index in [4.69, 9.17) is 5.73 Å². The van der Waals surface area contributed by atoms with E-state index in [1.807, 2.05) is 60.7 Å². The highest BCUT2D eigenvalue weighted by Gasteiger charge is 2.31. The number of hydrogen-bond acceptors (Lipinski definition) is 4. The van der Waals surface area contributed by atoms with E-state index in [1.165, 1.54) is 24.3 Å². The zero-order valence-electron chi connectivity index (χ0n) is 16.6. The summed E-state index contributed by atoms with van der Waals surface area (Å²) in [5.41, 5.74) is 10.6. The molecule has 0 spiro atoms. The van der Waals surface area contributed by atoms with Crippen LogP contribution in [-0.4, -0.2) is 11.3 Å². The molecule has 0 saturated carbocycles. The SMILES string of the molecule is N#Cc1c(-c2ccc(OC(F)(F)F)cc2)cc(-c2ccc(-c3ccccc3)cc2)nc1N. The normalized spacial score (nSPS) is 11.1. The van der Waals surface area contributed by atoms with Gasteiger partial charge in [-0.1, -0.05) is 66.7 Å². The zero-order valence-corrected chi connectivity index (χ0v) is 16.6. The summed E-state index contributed by atoms with van der Waals surface area (Å²) in [5.74, 6) is -0.304. The Hall–Kier alpha value is -4.31. The van der Waals surface area contributed by atoms with Crippen LogP contribution in [0.3, 0.4) is 0 Å². The zero-order chi connectivity index (χ0) is 22.7. The standard InChI is InChI=1S/C25H16F3N3O/c26-25(27,28)32-20-12-10-18(11-13-20)21-14-23(31-24(30)22(21)15-29)19-8-6-17(7-9-19)16-4-2-1-3-5-16/h1-14H,(H2,30,31). The average molecular weight is 431 g/mol. The summed E-state index contributed by atoms with van der Waals surface area (Å²) in [5, 5.41) is 9.55. The second-order valence-corrected chi connectivity index (χ2v) is 6.94. The quantitative estimate of drug-likeness (QED) is 0.404. The van der Waals surface area contributed by atoms with Crippen molar-refractivity contribution in [1.29, 1.82) is 5.26 Å². The Morgan fingerprint density at radius 1 is 0.781 bits per heavy atom. The van der Waals surface area contributed by atoms with Crippen molar-refractivity contribution in [3.05, 3.63) is 90.5 Å². The number of pyridine rings is 1. The summed E-state index contributed by atoms with van der Waals surface area (Å²) in [4.78, 5) is 4.35. The Morgan fingerprint density at radius 3 is 1.94 bits per heavy atom. The number of anilines is 1. The van der Waals surface area contributed by atoms with Crippen molar-refractivity contribution in [2.75, 3.05) is 5.73 Å². The number of nitriles is 1. The van der Waals surface area contributed by atoms with Crippen LogP contribution in [0.4, 0.5) is 19.0 Å². The van der Waals surface area contributed by atoms with Gasteiger partial charge in [0, 0.05) is 11.1 Å². The highest BCUT2D eigenvalue weighted by Crippen LogP contribution is 2.33. The highest BCUT2D eigenvalue weighted by atomic mass is 19.4. The van der Waals surface area contributed by atoms with Crippen molar-refractivity contribution in [2.24, 2.45) is 0 Å². The van der Waals surface area contributed by atoms with Crippen LogP contribution >= 0.6 is 0 Å². The first kappa shape index (κ1) is 20.9. The molecular weight excluding hydrogens is 415 g/mol. The molecule has 32 heavy (non-hydrogen) atoms. The maximum Gasteiger partial charge on any atom is 0.573 e. The van der Waals surface area contributed by atoms with Crippen LogP contribution in [0.5, 0.6) is 5.75 Å². The second-order valence-electron chi connectivity index (χ2n) is 6.94. The number of hydrogen-bond donors (Lipinski definition) is 1. The van der Waals surface area contributed by atoms with Crippen molar-refractivity contribution in [3.63, 3.8) is 0 Å². The van der Waals surface area contributed by atoms with Crippen LogP contribution in [0, 0.1) is 11.3 Å². The number of halogens is 3. The predicted molar refractivity (Wildman–Crippen MR) is 116 cm³/mol. The fourth-order valence-electron chi connectivity index (χ4n) is 3.36. The average Bonchev–Trinajstić information content (AvgIpc) is 2.79. The number of benzene rings is 3. The van der Waals surface area contributed by atoms with Crippen molar-refractivity contribution in [3.8, 4) is 45.3 Å². The van der Waals surface area contributed by atoms with E-state index in [9.17, 15) is 18.4 Å². The van der Waals surface area contributed by atoms with Gasteiger partial charge in [0.2, 0.25) is 0 Å². The molecule has 0 aliphatic rings. The van der Waals surface area contributed by atoms with Gasteiger partial charge in [-0.15, -0.1) is 13.2 Å². The lowest BCUT2D eigenvalue weighted by Crippen LogP contribution is -2.16. The lowest BCUT2D eigenvalue weighted by molar-refractivity contribution is -0.274. The first-order chi connectivity index (χ1) is 15.3. The fraction of sp³-hybridized carbons (Fsp3) is 0.0400. The molecule has 0 aliphatic carbocycles. The molecule has 0 bridgehead atoms. The van der Waals surface area contributed by atoms with Gasteiger partial charge in [-0.25, -0.2) is 4.98 Å². The molecule has 1 aromatic heterocycles. The highest BCUT2D eigenvalue weighted by molar-refractivity contribution is 5.81. The monoisotopic (exact) mass is 431 g/mol. The number of nitrogen functional groups attached to an aromatic ring is 1. The predicted octanol–water partition coefficient (Wildman–Crippen LogP) is 6.44. The Kier molecular flexibility index (Phi) is 5.52. The molecule has 3 aromatic carbocycles. The number of aromatic nitrogens is 1. The third-order valence-electron chi connectivity index (χ3n) is 4.85. The van der Waals surface area contributed by atoms with E-state index in [0.29, 0.717) is 16.8 Å². The van der Waals surface area contributed by atoms with Gasteiger partial charge in [-0.05, 0) is 34.9 Å². The molecule has 4 rings (SSSR count). The summed E-state index contributed by atoms with van der Waals surface area (Å²) in [6.07, 6.45) is -4.78. The Morgan fingerprint density at radius 2 is 1.34 bits per heavy atom. The lowest BCUT2D eigenvalue weighted by Gasteiger charge is -2.12. The van der Waals surface area contributed by atoms with Gasteiger partial charge in [-0.3, -0.25) is 0 Å². The number of alkyl halides is 3. The Labute approximate surface area is 182 Å². The largest absolute Gasteiger partial charge is 0.573 e. The van der Waals surface area contributed by atoms with Gasteiger partial charge in [0.1, 0.15) is 23.2 Å². The van der Waals surface area contributed by atoms with E-state index in [-0.39, 0.29) is 17.1 Å². The van der Waals surface area contributed by atoms with E-state index in [0.717, 1.165) is 16.7 Å². The van der Waals surface area contributed by atoms with Gasteiger partial charge < -0.3 is 10.5 Å². The summed E-state index contributed by atoms with van der Waals surface area (Å²) >= 11 is 0. The first-order valence-electron chi connectivity index (χ1n) is 9.57. The van der Waals surface area contributed by atoms with Crippen LogP contribution in [-0.2, 0) is 0 Å². The third kappa shape index (κ3) is 4.55. The molecule has 4 nitrogen and oxygen atoms in total. The Balaban J connectivity index is 1.71. The summed E-state index contributed by atoms with van der Waals surface area (Å²) in [6.45, 7) is 0. The van der Waals surface area contributed by atoms with Crippen molar-refractivity contribution >= 4 is 5.82 Å². The van der Waals surface area contributed by atoms with Gasteiger partial charge in [0.25, 0.3) is 0 Å². The van der Waals surface area contributed by atoms with Crippen LogP contribution < -0.4 is 10.5 Å². The number of nitrogens with zero attached hydrogens (tertiary/aromatic N) is 2. The molecule has 0 aliphatic heterocycles. The summed E-state index contributed by atoms with van der Waals surface area (Å²) in [6, 6.07) is 26.6. The molecule has 0 fully saturated rings. The maximum atomic E-state index is 12.4. The minimum atomic E-state index is -4.78. The van der Waals surface area contributed by atoms with Gasteiger partial charge in [0.15, 0.2) is 0 Å². The minimum Gasteiger partial charge on any atom is -0.406 e. The molecule has 1 heterocycles. The topological polar surface area (TPSA) is 71.9 Å². The molecule has 0 atom stereocenters. The van der Waals surface area contributed by atoms with Crippen LogP contribution in [0.2, 0.25) is 0 Å².